The van der Waals surface area contributed by atoms with E-state index in [1.807, 2.05) is 33.0 Å². The number of ether oxygens (including phenoxy) is 1. The van der Waals surface area contributed by atoms with Crippen molar-refractivity contribution in [3.8, 4) is 0 Å². The molecule has 0 spiro atoms. The molecule has 1 atom stereocenters. The molecule has 6 heteroatoms. The molecule has 2 heterocycles. The van der Waals surface area contributed by atoms with Gasteiger partial charge < -0.3 is 20.3 Å². The molecule has 110 valence electrons. The van der Waals surface area contributed by atoms with E-state index in [0.29, 0.717) is 19.8 Å². The van der Waals surface area contributed by atoms with E-state index in [2.05, 4.69) is 20.5 Å². The van der Waals surface area contributed by atoms with Crippen LogP contribution in [0.1, 0.15) is 13.8 Å². The third-order valence-corrected chi connectivity index (χ3v) is 3.19. The summed E-state index contributed by atoms with van der Waals surface area (Å²) < 4.78 is 5.46. The SMILES string of the molecule is CNc1cc(N2CCOCC2C(=O)NC(C)C)ccn1. The van der Waals surface area contributed by atoms with Crippen molar-refractivity contribution in [1.29, 1.82) is 0 Å². The lowest BCUT2D eigenvalue weighted by Gasteiger charge is -2.36. The maximum Gasteiger partial charge on any atom is 0.245 e. The van der Waals surface area contributed by atoms with Gasteiger partial charge in [0.2, 0.25) is 5.91 Å². The molecule has 1 unspecified atom stereocenters. The Hall–Kier alpha value is -1.82. The molecule has 6 nitrogen and oxygen atoms in total. The van der Waals surface area contributed by atoms with Crippen molar-refractivity contribution in [1.82, 2.24) is 10.3 Å². The van der Waals surface area contributed by atoms with Crippen LogP contribution in [-0.2, 0) is 9.53 Å². The van der Waals surface area contributed by atoms with Crippen molar-refractivity contribution in [2.24, 2.45) is 0 Å². The summed E-state index contributed by atoms with van der Waals surface area (Å²) in [4.78, 5) is 18.6. The Labute approximate surface area is 119 Å². The summed E-state index contributed by atoms with van der Waals surface area (Å²) in [6.45, 7) is 5.65. The number of pyridine rings is 1. The Balaban J connectivity index is 2.19. The third kappa shape index (κ3) is 3.39. The predicted molar refractivity (Wildman–Crippen MR) is 79.0 cm³/mol. The standard InChI is InChI=1S/C14H22N4O2/c1-10(2)17-14(19)12-9-20-7-6-18(12)11-4-5-16-13(8-11)15-3/h4-5,8,10,12H,6-7,9H2,1-3H3,(H,15,16)(H,17,19). The van der Waals surface area contributed by atoms with E-state index in [9.17, 15) is 4.79 Å². The summed E-state index contributed by atoms with van der Waals surface area (Å²) in [5.74, 6) is 0.791. The summed E-state index contributed by atoms with van der Waals surface area (Å²) >= 11 is 0. The number of morpholine rings is 1. The quantitative estimate of drug-likeness (QED) is 0.855. The van der Waals surface area contributed by atoms with Gasteiger partial charge in [0.25, 0.3) is 0 Å². The van der Waals surface area contributed by atoms with Crippen LogP contribution < -0.4 is 15.5 Å². The molecule has 2 N–H and O–H groups in total. The van der Waals surface area contributed by atoms with E-state index in [4.69, 9.17) is 4.74 Å². The maximum absolute atomic E-state index is 12.3. The molecule has 1 aromatic heterocycles. The van der Waals surface area contributed by atoms with Gasteiger partial charge >= 0.3 is 0 Å². The van der Waals surface area contributed by atoms with E-state index < -0.39 is 0 Å². The normalized spacial score (nSPS) is 19.0. The molecule has 0 aromatic carbocycles. The van der Waals surface area contributed by atoms with Crippen molar-refractivity contribution in [3.05, 3.63) is 18.3 Å². The lowest BCUT2D eigenvalue weighted by Crippen LogP contribution is -2.55. The van der Waals surface area contributed by atoms with Crippen molar-refractivity contribution >= 4 is 17.4 Å². The van der Waals surface area contributed by atoms with Gasteiger partial charge in [0.1, 0.15) is 11.9 Å². The lowest BCUT2D eigenvalue weighted by molar-refractivity contribution is -0.125. The Morgan fingerprint density at radius 1 is 1.55 bits per heavy atom. The lowest BCUT2D eigenvalue weighted by atomic mass is 10.1. The average Bonchev–Trinajstić information content (AvgIpc) is 2.46. The molecule has 20 heavy (non-hydrogen) atoms. The molecule has 0 saturated carbocycles. The van der Waals surface area contributed by atoms with Crippen LogP contribution in [0.3, 0.4) is 0 Å². The van der Waals surface area contributed by atoms with E-state index in [1.165, 1.54) is 0 Å². The predicted octanol–water partition coefficient (Wildman–Crippen LogP) is 0.853. The second kappa shape index (κ2) is 6.56. The van der Waals surface area contributed by atoms with Crippen molar-refractivity contribution < 1.29 is 9.53 Å². The van der Waals surface area contributed by atoms with Gasteiger partial charge in [-0.15, -0.1) is 0 Å². The highest BCUT2D eigenvalue weighted by Crippen LogP contribution is 2.21. The van der Waals surface area contributed by atoms with Gasteiger partial charge in [-0.05, 0) is 19.9 Å². The van der Waals surface area contributed by atoms with Crippen LogP contribution in [-0.4, -0.2) is 49.8 Å². The number of hydrogen-bond donors (Lipinski definition) is 2. The smallest absolute Gasteiger partial charge is 0.245 e. The van der Waals surface area contributed by atoms with E-state index in [1.54, 1.807) is 6.20 Å². The number of rotatable bonds is 4. The van der Waals surface area contributed by atoms with Crippen molar-refractivity contribution in [2.75, 3.05) is 37.0 Å². The van der Waals surface area contributed by atoms with Gasteiger partial charge in [0, 0.05) is 37.6 Å². The largest absolute Gasteiger partial charge is 0.377 e. The van der Waals surface area contributed by atoms with Gasteiger partial charge in [-0.2, -0.15) is 0 Å². The molecule has 0 bridgehead atoms. The summed E-state index contributed by atoms with van der Waals surface area (Å²) in [6.07, 6.45) is 1.74. The first kappa shape index (κ1) is 14.6. The first-order chi connectivity index (χ1) is 9.61. The topological polar surface area (TPSA) is 66.5 Å². The number of hydrogen-bond acceptors (Lipinski definition) is 5. The van der Waals surface area contributed by atoms with Crippen molar-refractivity contribution in [3.63, 3.8) is 0 Å². The number of nitrogens with zero attached hydrogens (tertiary/aromatic N) is 2. The molecule has 1 aromatic rings. The molecule has 1 aliphatic rings. The number of aromatic nitrogens is 1. The first-order valence-electron chi connectivity index (χ1n) is 6.90. The molecule has 1 aliphatic heterocycles. The van der Waals surface area contributed by atoms with E-state index in [0.717, 1.165) is 11.5 Å². The zero-order valence-electron chi connectivity index (χ0n) is 12.2. The van der Waals surface area contributed by atoms with Gasteiger partial charge in [-0.1, -0.05) is 0 Å². The number of anilines is 2. The molecule has 1 amide bonds. The van der Waals surface area contributed by atoms with E-state index >= 15 is 0 Å². The molecule has 0 radical (unpaired) electrons. The van der Waals surface area contributed by atoms with Crippen molar-refractivity contribution in [2.45, 2.75) is 25.9 Å². The molecule has 0 aliphatic carbocycles. The Morgan fingerprint density at radius 2 is 2.35 bits per heavy atom. The van der Waals surface area contributed by atoms with E-state index in [-0.39, 0.29) is 18.0 Å². The summed E-state index contributed by atoms with van der Waals surface area (Å²) in [5.41, 5.74) is 0.983. The minimum atomic E-state index is -0.293. The van der Waals surface area contributed by atoms with Gasteiger partial charge in [-0.25, -0.2) is 4.98 Å². The summed E-state index contributed by atoms with van der Waals surface area (Å²) in [7, 11) is 1.83. The minimum absolute atomic E-state index is 0.00233. The number of carbonyl (C=O) groups is 1. The Kier molecular flexibility index (Phi) is 4.79. The zero-order valence-corrected chi connectivity index (χ0v) is 12.2. The Bertz CT molecular complexity index is 464. The van der Waals surface area contributed by atoms with Crippen LogP contribution in [0.2, 0.25) is 0 Å². The molecule has 1 fully saturated rings. The number of carbonyl (C=O) groups excluding carboxylic acids is 1. The zero-order chi connectivity index (χ0) is 14.5. The molecular formula is C14H22N4O2. The fourth-order valence-electron chi connectivity index (χ4n) is 2.25. The van der Waals surface area contributed by atoms with Crippen LogP contribution in [0.4, 0.5) is 11.5 Å². The van der Waals surface area contributed by atoms with Gasteiger partial charge in [-0.3, -0.25) is 4.79 Å². The highest BCUT2D eigenvalue weighted by atomic mass is 16.5. The monoisotopic (exact) mass is 278 g/mol. The van der Waals surface area contributed by atoms with Crippen LogP contribution in [0, 0.1) is 0 Å². The third-order valence-electron chi connectivity index (χ3n) is 3.19. The molecule has 2 rings (SSSR count). The fraction of sp³-hybridized carbons (Fsp3) is 0.571. The number of nitrogens with one attached hydrogen (secondary N) is 2. The summed E-state index contributed by atoms with van der Waals surface area (Å²) in [5, 5.41) is 5.96. The minimum Gasteiger partial charge on any atom is -0.377 e. The van der Waals surface area contributed by atoms with Crippen LogP contribution in [0.15, 0.2) is 18.3 Å². The van der Waals surface area contributed by atoms with Crippen LogP contribution in [0.25, 0.3) is 0 Å². The van der Waals surface area contributed by atoms with Gasteiger partial charge in [0.05, 0.1) is 13.2 Å². The van der Waals surface area contributed by atoms with Gasteiger partial charge in [0.15, 0.2) is 0 Å². The average molecular weight is 278 g/mol. The van der Waals surface area contributed by atoms with Crippen LogP contribution in [0.5, 0.6) is 0 Å². The Morgan fingerprint density at radius 3 is 3.05 bits per heavy atom. The second-order valence-electron chi connectivity index (χ2n) is 5.10. The second-order valence-corrected chi connectivity index (χ2v) is 5.10. The maximum atomic E-state index is 12.3. The highest BCUT2D eigenvalue weighted by molar-refractivity contribution is 5.86. The van der Waals surface area contributed by atoms with Crippen LogP contribution >= 0.6 is 0 Å². The number of amides is 1. The molecular weight excluding hydrogens is 256 g/mol. The highest BCUT2D eigenvalue weighted by Gasteiger charge is 2.30. The molecule has 1 saturated heterocycles. The fourth-order valence-corrected chi connectivity index (χ4v) is 2.25. The summed E-state index contributed by atoms with van der Waals surface area (Å²) in [6, 6.07) is 3.69. The first-order valence-corrected chi connectivity index (χ1v) is 6.90.